The van der Waals surface area contributed by atoms with Gasteiger partial charge >= 0.3 is 0 Å². The summed E-state index contributed by atoms with van der Waals surface area (Å²) in [5, 5.41) is 6.76. The Bertz CT molecular complexity index is 567. The molecule has 5 nitrogen and oxygen atoms in total. The average molecular weight is 267 g/mol. The van der Waals surface area contributed by atoms with Gasteiger partial charge in [0.1, 0.15) is 12.0 Å². The van der Waals surface area contributed by atoms with Crippen LogP contribution in [0, 0.1) is 6.92 Å². The molecule has 2 rings (SSSR count). The lowest BCUT2D eigenvalue weighted by molar-refractivity contribution is 0.102. The van der Waals surface area contributed by atoms with E-state index in [4.69, 9.17) is 16.3 Å². The third-order valence-electron chi connectivity index (χ3n) is 2.42. The summed E-state index contributed by atoms with van der Waals surface area (Å²) < 4.78 is 9.77. The van der Waals surface area contributed by atoms with Gasteiger partial charge in [-0.3, -0.25) is 4.79 Å². The van der Waals surface area contributed by atoms with Crippen molar-refractivity contribution in [1.29, 1.82) is 0 Å². The number of nitrogens with zero attached hydrogens (tertiary/aromatic N) is 1. The van der Waals surface area contributed by atoms with Crippen LogP contribution in [0.25, 0.3) is 0 Å². The van der Waals surface area contributed by atoms with Crippen molar-refractivity contribution in [2.75, 3.05) is 12.4 Å². The molecule has 0 aliphatic carbocycles. The normalized spacial score (nSPS) is 10.2. The fraction of sp³-hybridized carbons (Fsp3) is 0.167. The Labute approximate surface area is 109 Å². The molecule has 1 N–H and O–H groups in total. The van der Waals surface area contributed by atoms with Gasteiger partial charge in [0.25, 0.3) is 5.91 Å². The second-order valence-corrected chi connectivity index (χ2v) is 4.08. The molecule has 1 amide bonds. The van der Waals surface area contributed by atoms with E-state index < -0.39 is 0 Å². The van der Waals surface area contributed by atoms with Crippen molar-refractivity contribution in [1.82, 2.24) is 5.16 Å². The number of nitrogens with one attached hydrogen (secondary N) is 1. The molecule has 0 fully saturated rings. The zero-order valence-corrected chi connectivity index (χ0v) is 10.6. The van der Waals surface area contributed by atoms with Gasteiger partial charge < -0.3 is 14.6 Å². The molecule has 0 saturated carbocycles. The maximum absolute atomic E-state index is 11.8. The predicted octanol–water partition coefficient (Wildman–Crippen LogP) is 2.90. The number of hydrogen-bond acceptors (Lipinski definition) is 4. The number of carbonyl (C=O) groups is 1. The van der Waals surface area contributed by atoms with E-state index in [2.05, 4.69) is 15.0 Å². The van der Waals surface area contributed by atoms with E-state index >= 15 is 0 Å². The number of hydrogen-bond donors (Lipinski definition) is 1. The van der Waals surface area contributed by atoms with Crippen LogP contribution in [0.3, 0.4) is 0 Å². The van der Waals surface area contributed by atoms with Crippen molar-refractivity contribution in [3.05, 3.63) is 40.7 Å². The third-order valence-corrected chi connectivity index (χ3v) is 2.83. The molecule has 0 bridgehead atoms. The van der Waals surface area contributed by atoms with Crippen LogP contribution < -0.4 is 10.1 Å². The molecule has 1 aromatic heterocycles. The Hall–Kier alpha value is -2.01. The summed E-state index contributed by atoms with van der Waals surface area (Å²) in [4.78, 5) is 11.8. The average Bonchev–Trinajstić information content (AvgIpc) is 2.87. The maximum atomic E-state index is 11.8. The quantitative estimate of drug-likeness (QED) is 0.928. The van der Waals surface area contributed by atoms with Gasteiger partial charge in [-0.25, -0.2) is 0 Å². The minimum absolute atomic E-state index is 0.323. The molecule has 0 saturated heterocycles. The van der Waals surface area contributed by atoms with E-state index in [9.17, 15) is 4.79 Å². The van der Waals surface area contributed by atoms with E-state index in [-0.39, 0.29) is 5.91 Å². The standard InChI is InChI=1S/C12H11ClN2O3/c1-7-3-10(11(17-2)4-9(7)13)15-12(16)8-5-14-18-6-8/h3-6H,1-2H3,(H,15,16). The van der Waals surface area contributed by atoms with E-state index in [0.29, 0.717) is 22.0 Å². The van der Waals surface area contributed by atoms with Gasteiger partial charge in [-0.15, -0.1) is 0 Å². The summed E-state index contributed by atoms with van der Waals surface area (Å²) in [7, 11) is 1.51. The number of aryl methyl sites for hydroxylation is 1. The van der Waals surface area contributed by atoms with Crippen LogP contribution >= 0.6 is 11.6 Å². The first kappa shape index (κ1) is 12.4. The maximum Gasteiger partial charge on any atom is 0.260 e. The minimum Gasteiger partial charge on any atom is -0.495 e. The number of rotatable bonds is 3. The van der Waals surface area contributed by atoms with Crippen LogP contribution in [0.1, 0.15) is 15.9 Å². The summed E-state index contributed by atoms with van der Waals surface area (Å²) in [5.41, 5.74) is 1.73. The SMILES string of the molecule is COc1cc(Cl)c(C)cc1NC(=O)c1cnoc1. The van der Waals surface area contributed by atoms with Crippen molar-refractivity contribution in [3.63, 3.8) is 0 Å². The van der Waals surface area contributed by atoms with Crippen molar-refractivity contribution >= 4 is 23.2 Å². The highest BCUT2D eigenvalue weighted by atomic mass is 35.5. The highest BCUT2D eigenvalue weighted by molar-refractivity contribution is 6.31. The van der Waals surface area contributed by atoms with Gasteiger partial charge in [-0.1, -0.05) is 16.8 Å². The number of ether oxygens (including phenoxy) is 1. The molecule has 1 aromatic carbocycles. The first-order valence-electron chi connectivity index (χ1n) is 5.16. The second kappa shape index (κ2) is 5.10. The molecule has 18 heavy (non-hydrogen) atoms. The number of amides is 1. The zero-order chi connectivity index (χ0) is 13.1. The second-order valence-electron chi connectivity index (χ2n) is 3.67. The van der Waals surface area contributed by atoms with Gasteiger partial charge in [-0.2, -0.15) is 0 Å². The van der Waals surface area contributed by atoms with E-state index in [1.165, 1.54) is 19.6 Å². The number of halogens is 1. The van der Waals surface area contributed by atoms with Crippen molar-refractivity contribution in [3.8, 4) is 5.75 Å². The molecule has 0 radical (unpaired) electrons. The molecular formula is C12H11ClN2O3. The molecule has 0 spiro atoms. The fourth-order valence-electron chi connectivity index (χ4n) is 1.44. The van der Waals surface area contributed by atoms with Crippen molar-refractivity contribution in [2.45, 2.75) is 6.92 Å². The Kier molecular flexibility index (Phi) is 3.53. The lowest BCUT2D eigenvalue weighted by Gasteiger charge is -2.11. The van der Waals surface area contributed by atoms with Gasteiger partial charge in [0.2, 0.25) is 0 Å². The molecule has 0 aliphatic heterocycles. The largest absolute Gasteiger partial charge is 0.495 e. The Morgan fingerprint density at radius 1 is 1.50 bits per heavy atom. The molecule has 94 valence electrons. The Balaban J connectivity index is 2.28. The molecule has 2 aromatic rings. The number of carbonyl (C=O) groups excluding carboxylic acids is 1. The molecule has 1 heterocycles. The van der Waals surface area contributed by atoms with Gasteiger partial charge in [0, 0.05) is 11.1 Å². The van der Waals surface area contributed by atoms with E-state index in [0.717, 1.165) is 5.56 Å². The van der Waals surface area contributed by atoms with Crippen LogP contribution in [0.5, 0.6) is 5.75 Å². The first-order chi connectivity index (χ1) is 8.61. The zero-order valence-electron chi connectivity index (χ0n) is 9.86. The molecule has 6 heteroatoms. The number of aromatic nitrogens is 1. The highest BCUT2D eigenvalue weighted by Crippen LogP contribution is 2.31. The first-order valence-corrected chi connectivity index (χ1v) is 5.54. The lowest BCUT2D eigenvalue weighted by Crippen LogP contribution is -2.12. The Morgan fingerprint density at radius 2 is 2.28 bits per heavy atom. The predicted molar refractivity (Wildman–Crippen MR) is 67.2 cm³/mol. The lowest BCUT2D eigenvalue weighted by atomic mass is 10.2. The molecule has 0 unspecified atom stereocenters. The minimum atomic E-state index is -0.323. The van der Waals surface area contributed by atoms with Crippen molar-refractivity contribution in [2.24, 2.45) is 0 Å². The van der Waals surface area contributed by atoms with Crippen LogP contribution in [-0.2, 0) is 0 Å². The number of methoxy groups -OCH3 is 1. The van der Waals surface area contributed by atoms with Crippen LogP contribution in [0.15, 0.2) is 29.1 Å². The topological polar surface area (TPSA) is 64.4 Å². The third kappa shape index (κ3) is 2.46. The molecule has 0 aliphatic rings. The summed E-state index contributed by atoms with van der Waals surface area (Å²) in [6, 6.07) is 3.40. The summed E-state index contributed by atoms with van der Waals surface area (Å²) in [6.45, 7) is 1.84. The summed E-state index contributed by atoms with van der Waals surface area (Å²) in [6.07, 6.45) is 2.61. The highest BCUT2D eigenvalue weighted by Gasteiger charge is 2.13. The van der Waals surface area contributed by atoms with Crippen LogP contribution in [-0.4, -0.2) is 18.2 Å². The van der Waals surface area contributed by atoms with Gasteiger partial charge in [0.05, 0.1) is 24.6 Å². The molecular weight excluding hydrogens is 256 g/mol. The van der Waals surface area contributed by atoms with Gasteiger partial charge in [-0.05, 0) is 18.6 Å². The smallest absolute Gasteiger partial charge is 0.260 e. The summed E-state index contributed by atoms with van der Waals surface area (Å²) >= 11 is 5.98. The molecule has 0 atom stereocenters. The number of anilines is 1. The van der Waals surface area contributed by atoms with E-state index in [1.807, 2.05) is 6.92 Å². The Morgan fingerprint density at radius 3 is 2.89 bits per heavy atom. The van der Waals surface area contributed by atoms with Crippen LogP contribution in [0.4, 0.5) is 5.69 Å². The number of benzene rings is 1. The summed E-state index contributed by atoms with van der Waals surface area (Å²) in [5.74, 6) is 0.173. The monoisotopic (exact) mass is 266 g/mol. The fourth-order valence-corrected chi connectivity index (χ4v) is 1.59. The van der Waals surface area contributed by atoms with Crippen molar-refractivity contribution < 1.29 is 14.1 Å². The van der Waals surface area contributed by atoms with Crippen LogP contribution in [0.2, 0.25) is 5.02 Å². The van der Waals surface area contributed by atoms with E-state index in [1.54, 1.807) is 12.1 Å². The van der Waals surface area contributed by atoms with Gasteiger partial charge in [0.15, 0.2) is 0 Å².